The Balaban J connectivity index is 1.53. The third-order valence-electron chi connectivity index (χ3n) is 6.04. The molecule has 1 aromatic carbocycles. The molecule has 5 heteroatoms. The maximum Gasteiger partial charge on any atom is 0.335 e. The van der Waals surface area contributed by atoms with E-state index in [0.717, 1.165) is 6.42 Å². The van der Waals surface area contributed by atoms with Crippen molar-refractivity contribution in [2.75, 3.05) is 4.90 Å². The lowest BCUT2D eigenvalue weighted by molar-refractivity contribution is -0.124. The number of carboxylic acids is 1. The molecule has 2 saturated carbocycles. The second-order valence-electron chi connectivity index (χ2n) is 7.02. The van der Waals surface area contributed by atoms with Crippen LogP contribution in [0.2, 0.25) is 0 Å². The van der Waals surface area contributed by atoms with Gasteiger partial charge in [-0.05, 0) is 54.4 Å². The average Bonchev–Trinajstić information content (AvgIpc) is 3.32. The van der Waals surface area contributed by atoms with E-state index in [9.17, 15) is 14.4 Å². The Kier molecular flexibility index (Phi) is 2.33. The fourth-order valence-electron chi connectivity index (χ4n) is 4.96. The van der Waals surface area contributed by atoms with Crippen molar-refractivity contribution in [3.63, 3.8) is 0 Å². The summed E-state index contributed by atoms with van der Waals surface area (Å²) in [7, 11) is 0. The summed E-state index contributed by atoms with van der Waals surface area (Å²) in [5.41, 5.74) is 0.626. The fourth-order valence-corrected chi connectivity index (χ4v) is 4.96. The molecule has 2 bridgehead atoms. The van der Waals surface area contributed by atoms with Gasteiger partial charge in [-0.15, -0.1) is 0 Å². The van der Waals surface area contributed by atoms with Crippen LogP contribution in [-0.2, 0) is 9.59 Å². The summed E-state index contributed by atoms with van der Waals surface area (Å²) in [5.74, 6) is -0.132. The molecule has 1 aromatic rings. The van der Waals surface area contributed by atoms with Crippen LogP contribution in [-0.4, -0.2) is 22.9 Å². The van der Waals surface area contributed by atoms with E-state index in [-0.39, 0.29) is 41.0 Å². The molecule has 0 spiro atoms. The minimum absolute atomic E-state index is 0.118. The van der Waals surface area contributed by atoms with Crippen molar-refractivity contribution in [3.05, 3.63) is 42.0 Å². The second kappa shape index (κ2) is 4.10. The van der Waals surface area contributed by atoms with Gasteiger partial charge in [-0.1, -0.05) is 12.2 Å². The SMILES string of the molecule is O=C(O)c1ccc(N2C(=O)[C@H]3[C@@H]4C=C[C@@H]([C@H]5C[C@H]45)[C@@H]3C2=O)cc1. The van der Waals surface area contributed by atoms with E-state index in [1.54, 1.807) is 12.1 Å². The van der Waals surface area contributed by atoms with Crippen LogP contribution in [0.25, 0.3) is 0 Å². The van der Waals surface area contributed by atoms with Crippen molar-refractivity contribution >= 4 is 23.5 Å². The summed E-state index contributed by atoms with van der Waals surface area (Å²) in [6.45, 7) is 0. The Hall–Kier alpha value is -2.43. The first kappa shape index (κ1) is 13.0. The van der Waals surface area contributed by atoms with Gasteiger partial charge in [0.25, 0.3) is 0 Å². The molecule has 0 unspecified atom stereocenters. The van der Waals surface area contributed by atoms with Crippen LogP contribution in [0.3, 0.4) is 0 Å². The molecule has 3 fully saturated rings. The zero-order valence-corrected chi connectivity index (χ0v) is 12.3. The van der Waals surface area contributed by atoms with Gasteiger partial charge in [-0.3, -0.25) is 14.5 Å². The molecular formula is C18H15NO4. The number of rotatable bonds is 2. The highest BCUT2D eigenvalue weighted by Gasteiger charge is 2.67. The van der Waals surface area contributed by atoms with Gasteiger partial charge < -0.3 is 5.11 Å². The number of imide groups is 1. The fraction of sp³-hybridized carbons (Fsp3) is 0.389. The number of allylic oxidation sites excluding steroid dienone is 2. The second-order valence-corrected chi connectivity index (χ2v) is 7.02. The van der Waals surface area contributed by atoms with Crippen molar-refractivity contribution in [2.24, 2.45) is 35.5 Å². The number of hydrogen-bond donors (Lipinski definition) is 1. The molecule has 116 valence electrons. The standard InChI is InChI=1S/C18H15NO4/c20-16-14-10-5-6-11(13-7-12(10)13)15(14)17(21)19(16)9-3-1-8(2-4-9)18(22)23/h1-6,10-15H,7H2,(H,22,23)/t10-,11+,12-,13-,14+,15+/m1/s1. The molecule has 5 nitrogen and oxygen atoms in total. The van der Waals surface area contributed by atoms with E-state index in [1.165, 1.54) is 17.0 Å². The number of hydrogen-bond acceptors (Lipinski definition) is 3. The summed E-state index contributed by atoms with van der Waals surface area (Å²) in [6, 6.07) is 5.97. The molecule has 1 aliphatic heterocycles. The first-order valence-electron chi connectivity index (χ1n) is 7.97. The largest absolute Gasteiger partial charge is 0.478 e. The van der Waals surface area contributed by atoms with Crippen molar-refractivity contribution in [1.82, 2.24) is 0 Å². The number of amides is 2. The average molecular weight is 309 g/mol. The third-order valence-corrected chi connectivity index (χ3v) is 6.04. The molecule has 6 rings (SSSR count). The molecule has 1 heterocycles. The predicted octanol–water partition coefficient (Wildman–Crippen LogP) is 1.94. The van der Waals surface area contributed by atoms with E-state index in [1.807, 2.05) is 0 Å². The lowest BCUT2D eigenvalue weighted by atomic mass is 9.63. The maximum absolute atomic E-state index is 12.9. The minimum atomic E-state index is -1.02. The highest BCUT2D eigenvalue weighted by Crippen LogP contribution is 2.65. The van der Waals surface area contributed by atoms with E-state index in [2.05, 4.69) is 12.2 Å². The molecule has 1 saturated heterocycles. The zero-order valence-electron chi connectivity index (χ0n) is 12.3. The van der Waals surface area contributed by atoms with E-state index in [4.69, 9.17) is 5.11 Å². The number of carbonyl (C=O) groups excluding carboxylic acids is 2. The van der Waals surface area contributed by atoms with E-state index < -0.39 is 5.97 Å². The molecule has 5 aliphatic rings. The maximum atomic E-state index is 12.9. The van der Waals surface area contributed by atoms with Crippen molar-refractivity contribution in [1.29, 1.82) is 0 Å². The number of nitrogens with zero attached hydrogens (tertiary/aromatic N) is 1. The molecule has 2 amide bonds. The van der Waals surface area contributed by atoms with Crippen molar-refractivity contribution in [3.8, 4) is 0 Å². The molecule has 0 radical (unpaired) electrons. The quantitative estimate of drug-likeness (QED) is 0.669. The summed E-state index contributed by atoms with van der Waals surface area (Å²) >= 11 is 0. The predicted molar refractivity (Wildman–Crippen MR) is 80.6 cm³/mol. The molecule has 4 aliphatic carbocycles. The molecule has 6 atom stereocenters. The molecule has 0 aromatic heterocycles. The summed E-state index contributed by atoms with van der Waals surface area (Å²) in [5, 5.41) is 8.97. The van der Waals surface area contributed by atoms with E-state index in [0.29, 0.717) is 17.5 Å². The highest BCUT2D eigenvalue weighted by atomic mass is 16.4. The lowest BCUT2D eigenvalue weighted by Gasteiger charge is -2.37. The smallest absolute Gasteiger partial charge is 0.335 e. The third kappa shape index (κ3) is 1.54. The summed E-state index contributed by atoms with van der Waals surface area (Å²) in [6.07, 6.45) is 5.42. The van der Waals surface area contributed by atoms with Gasteiger partial charge in [0, 0.05) is 0 Å². The first-order chi connectivity index (χ1) is 11.1. The molecular weight excluding hydrogens is 294 g/mol. The number of aromatic carboxylic acids is 1. The van der Waals surface area contributed by atoms with Gasteiger partial charge in [0.05, 0.1) is 23.1 Å². The van der Waals surface area contributed by atoms with Crippen LogP contribution in [0.5, 0.6) is 0 Å². The number of carboxylic acid groups (broad SMARTS) is 1. The van der Waals surface area contributed by atoms with Crippen LogP contribution < -0.4 is 4.90 Å². The topological polar surface area (TPSA) is 74.7 Å². The Morgan fingerprint density at radius 1 is 0.957 bits per heavy atom. The first-order valence-corrected chi connectivity index (χ1v) is 7.97. The van der Waals surface area contributed by atoms with Gasteiger partial charge in [-0.25, -0.2) is 4.79 Å². The molecule has 1 N–H and O–H groups in total. The normalized spacial score (nSPS) is 39.4. The van der Waals surface area contributed by atoms with Crippen LogP contribution >= 0.6 is 0 Å². The monoisotopic (exact) mass is 309 g/mol. The van der Waals surface area contributed by atoms with Gasteiger partial charge >= 0.3 is 5.97 Å². The van der Waals surface area contributed by atoms with Crippen LogP contribution in [0.1, 0.15) is 16.8 Å². The van der Waals surface area contributed by atoms with Crippen LogP contribution in [0.4, 0.5) is 5.69 Å². The van der Waals surface area contributed by atoms with Crippen LogP contribution in [0, 0.1) is 35.5 Å². The summed E-state index contributed by atoms with van der Waals surface area (Å²) in [4.78, 5) is 38.0. The van der Waals surface area contributed by atoms with Gasteiger partial charge in [0.2, 0.25) is 11.8 Å². The van der Waals surface area contributed by atoms with Crippen molar-refractivity contribution in [2.45, 2.75) is 6.42 Å². The number of anilines is 1. The number of carbonyl (C=O) groups is 3. The Morgan fingerprint density at radius 2 is 1.48 bits per heavy atom. The van der Waals surface area contributed by atoms with Gasteiger partial charge in [-0.2, -0.15) is 0 Å². The summed E-state index contributed by atoms with van der Waals surface area (Å²) < 4.78 is 0. The number of benzene rings is 1. The Labute approximate surface area is 132 Å². The highest BCUT2D eigenvalue weighted by molar-refractivity contribution is 6.22. The Bertz CT molecular complexity index is 745. The zero-order chi connectivity index (χ0) is 15.9. The van der Waals surface area contributed by atoms with E-state index >= 15 is 0 Å². The minimum Gasteiger partial charge on any atom is -0.478 e. The van der Waals surface area contributed by atoms with Gasteiger partial charge in [0.15, 0.2) is 0 Å². The van der Waals surface area contributed by atoms with Gasteiger partial charge in [0.1, 0.15) is 0 Å². The lowest BCUT2D eigenvalue weighted by Crippen LogP contribution is -2.40. The Morgan fingerprint density at radius 3 is 1.96 bits per heavy atom. The van der Waals surface area contributed by atoms with Crippen LogP contribution in [0.15, 0.2) is 36.4 Å². The molecule has 23 heavy (non-hydrogen) atoms. The van der Waals surface area contributed by atoms with Crippen molar-refractivity contribution < 1.29 is 19.5 Å².